The van der Waals surface area contributed by atoms with Gasteiger partial charge in [-0.1, -0.05) is 35.9 Å². The van der Waals surface area contributed by atoms with Crippen LogP contribution in [0, 0.1) is 13.8 Å². The van der Waals surface area contributed by atoms with Gasteiger partial charge in [-0.25, -0.2) is 4.98 Å². The highest BCUT2D eigenvalue weighted by molar-refractivity contribution is 5.76. The molecule has 3 nitrogen and oxygen atoms in total. The first-order valence-electron chi connectivity index (χ1n) is 8.77. The van der Waals surface area contributed by atoms with Gasteiger partial charge in [-0.05, 0) is 49.2 Å². The van der Waals surface area contributed by atoms with E-state index in [9.17, 15) is 0 Å². The van der Waals surface area contributed by atoms with Crippen molar-refractivity contribution >= 4 is 11.0 Å². The van der Waals surface area contributed by atoms with Gasteiger partial charge in [0.05, 0.1) is 11.0 Å². The monoisotopic (exact) mass is 363 g/mol. The lowest BCUT2D eigenvalue weighted by Gasteiger charge is -2.19. The Kier molecular flexibility index (Phi) is 4.22. The molecule has 4 aromatic rings. The topological polar surface area (TPSA) is 30.7 Å². The molecule has 0 saturated heterocycles. The number of fused-ring (bicyclic) bond motifs is 1. The van der Waals surface area contributed by atoms with E-state index in [1.54, 1.807) is 10.6 Å². The highest BCUT2D eigenvalue weighted by Crippen LogP contribution is 2.37. The summed E-state index contributed by atoms with van der Waals surface area (Å²) in [6.45, 7) is 4.33. The maximum absolute atomic E-state index is 15.4. The van der Waals surface area contributed by atoms with E-state index >= 15 is 8.78 Å². The third-order valence-electron chi connectivity index (χ3n) is 4.81. The lowest BCUT2D eigenvalue weighted by Crippen LogP contribution is -2.22. The summed E-state index contributed by atoms with van der Waals surface area (Å²) in [7, 11) is 0. The number of aromatic nitrogens is 3. The number of hydrogen-bond donors (Lipinski definition) is 0. The molecule has 0 aliphatic rings. The summed E-state index contributed by atoms with van der Waals surface area (Å²) in [6.07, 6.45) is 2.75. The zero-order valence-corrected chi connectivity index (χ0v) is 15.2. The van der Waals surface area contributed by atoms with Crippen LogP contribution in [0.25, 0.3) is 11.0 Å². The number of aryl methyl sites for hydroxylation is 2. The van der Waals surface area contributed by atoms with Gasteiger partial charge in [0, 0.05) is 24.5 Å². The largest absolute Gasteiger partial charge is 0.330 e. The predicted octanol–water partition coefficient (Wildman–Crippen LogP) is 5.24. The summed E-state index contributed by atoms with van der Waals surface area (Å²) in [5.41, 5.74) is 4.31. The van der Waals surface area contributed by atoms with Crippen LogP contribution in [0.3, 0.4) is 0 Å². The average molecular weight is 363 g/mol. The number of pyridine rings is 1. The van der Waals surface area contributed by atoms with E-state index < -0.39 is 5.92 Å². The minimum Gasteiger partial charge on any atom is -0.318 e. The molecule has 0 N–H and O–H groups in total. The molecule has 0 spiro atoms. The van der Waals surface area contributed by atoms with Crippen LogP contribution in [-0.4, -0.2) is 14.5 Å². The highest BCUT2D eigenvalue weighted by atomic mass is 19.3. The van der Waals surface area contributed by atoms with Crippen molar-refractivity contribution in [2.24, 2.45) is 0 Å². The molecule has 2 aromatic heterocycles. The van der Waals surface area contributed by atoms with E-state index in [0.29, 0.717) is 17.6 Å². The molecule has 5 heteroatoms. The molecule has 136 valence electrons. The van der Waals surface area contributed by atoms with E-state index in [4.69, 9.17) is 0 Å². The molecule has 0 atom stereocenters. The van der Waals surface area contributed by atoms with Gasteiger partial charge >= 0.3 is 5.92 Å². The first-order chi connectivity index (χ1) is 13.0. The van der Waals surface area contributed by atoms with Crippen LogP contribution in [0.4, 0.5) is 8.78 Å². The second kappa shape index (κ2) is 6.58. The molecule has 0 unspecified atom stereocenters. The number of nitrogens with zero attached hydrogens (tertiary/aromatic N) is 3. The fraction of sp³-hybridized carbons (Fsp3) is 0.182. The maximum Gasteiger partial charge on any atom is 0.330 e. The Bertz CT molecular complexity index is 1100. The molecular weight excluding hydrogens is 344 g/mol. The summed E-state index contributed by atoms with van der Waals surface area (Å²) in [5, 5.41) is 0. The summed E-state index contributed by atoms with van der Waals surface area (Å²) >= 11 is 0. The van der Waals surface area contributed by atoms with Gasteiger partial charge in [0.25, 0.3) is 0 Å². The zero-order chi connectivity index (χ0) is 19.0. The van der Waals surface area contributed by atoms with Crippen LogP contribution in [0.2, 0.25) is 0 Å². The predicted molar refractivity (Wildman–Crippen MR) is 102 cm³/mol. The summed E-state index contributed by atoms with van der Waals surface area (Å²) in [5.74, 6) is -3.48. The smallest absolute Gasteiger partial charge is 0.318 e. The number of imidazole rings is 1. The Labute approximate surface area is 156 Å². The number of para-hydroxylation sites is 2. The maximum atomic E-state index is 15.4. The lowest BCUT2D eigenvalue weighted by molar-refractivity contribution is 0.0298. The van der Waals surface area contributed by atoms with Crippen LogP contribution in [0.5, 0.6) is 0 Å². The van der Waals surface area contributed by atoms with Crippen molar-refractivity contribution in [3.63, 3.8) is 0 Å². The molecule has 0 aliphatic carbocycles. The second-order valence-electron chi connectivity index (χ2n) is 6.75. The molecule has 2 aromatic carbocycles. The van der Waals surface area contributed by atoms with Crippen molar-refractivity contribution in [1.82, 2.24) is 14.5 Å². The first-order valence-corrected chi connectivity index (χ1v) is 8.77. The lowest BCUT2D eigenvalue weighted by atomic mass is 10.0. The van der Waals surface area contributed by atoms with Crippen LogP contribution >= 0.6 is 0 Å². The number of benzene rings is 2. The van der Waals surface area contributed by atoms with Gasteiger partial charge in [-0.2, -0.15) is 8.78 Å². The van der Waals surface area contributed by atoms with Gasteiger partial charge in [-0.15, -0.1) is 0 Å². The molecule has 0 bridgehead atoms. The van der Waals surface area contributed by atoms with Crippen molar-refractivity contribution in [2.45, 2.75) is 26.3 Å². The molecule has 0 fully saturated rings. The van der Waals surface area contributed by atoms with E-state index in [0.717, 1.165) is 16.7 Å². The Morgan fingerprint density at radius 1 is 0.963 bits per heavy atom. The van der Waals surface area contributed by atoms with Gasteiger partial charge in [0.2, 0.25) is 0 Å². The van der Waals surface area contributed by atoms with Crippen molar-refractivity contribution in [2.75, 3.05) is 0 Å². The van der Waals surface area contributed by atoms with Crippen LogP contribution in [0.1, 0.15) is 28.1 Å². The van der Waals surface area contributed by atoms with Gasteiger partial charge in [0.1, 0.15) is 0 Å². The number of alkyl halides is 2. The number of rotatable bonds is 4. The van der Waals surface area contributed by atoms with E-state index in [2.05, 4.69) is 9.97 Å². The zero-order valence-electron chi connectivity index (χ0n) is 15.2. The van der Waals surface area contributed by atoms with E-state index in [1.165, 1.54) is 24.5 Å². The standard InChI is InChI=1S/C22H19F2N3/c1-15-7-8-16(2)17(13-15)14-27-20-6-4-3-5-19(20)26-21(27)22(23,24)18-9-11-25-12-10-18/h3-13H,14H2,1-2H3. The van der Waals surface area contributed by atoms with Gasteiger partial charge < -0.3 is 4.57 Å². The third kappa shape index (κ3) is 3.10. The third-order valence-corrected chi connectivity index (χ3v) is 4.81. The normalized spacial score (nSPS) is 11.9. The Morgan fingerprint density at radius 3 is 2.48 bits per heavy atom. The molecule has 0 saturated carbocycles. The fourth-order valence-electron chi connectivity index (χ4n) is 3.31. The number of hydrogen-bond acceptors (Lipinski definition) is 2. The Hall–Kier alpha value is -3.08. The van der Waals surface area contributed by atoms with Crippen LogP contribution < -0.4 is 0 Å². The van der Waals surface area contributed by atoms with Crippen molar-refractivity contribution in [3.8, 4) is 0 Å². The molecule has 0 amide bonds. The molecular formula is C22H19F2N3. The Balaban J connectivity index is 1.91. The van der Waals surface area contributed by atoms with E-state index in [1.807, 2.05) is 50.2 Å². The summed E-state index contributed by atoms with van der Waals surface area (Å²) in [4.78, 5) is 8.15. The van der Waals surface area contributed by atoms with Crippen LogP contribution in [-0.2, 0) is 12.5 Å². The van der Waals surface area contributed by atoms with Crippen molar-refractivity contribution in [1.29, 1.82) is 0 Å². The quantitative estimate of drug-likeness (QED) is 0.497. The fourth-order valence-corrected chi connectivity index (χ4v) is 3.31. The van der Waals surface area contributed by atoms with Crippen molar-refractivity contribution < 1.29 is 8.78 Å². The molecule has 0 radical (unpaired) electrons. The van der Waals surface area contributed by atoms with Gasteiger partial charge in [0.15, 0.2) is 5.82 Å². The molecule has 27 heavy (non-hydrogen) atoms. The number of halogens is 2. The average Bonchev–Trinajstić information content (AvgIpc) is 3.05. The van der Waals surface area contributed by atoms with Gasteiger partial charge in [-0.3, -0.25) is 4.98 Å². The minimum atomic E-state index is -3.22. The summed E-state index contributed by atoms with van der Waals surface area (Å²) < 4.78 is 32.3. The molecule has 2 heterocycles. The van der Waals surface area contributed by atoms with Crippen LogP contribution in [0.15, 0.2) is 67.0 Å². The second-order valence-corrected chi connectivity index (χ2v) is 6.75. The van der Waals surface area contributed by atoms with Crippen molar-refractivity contribution in [3.05, 3.63) is 95.1 Å². The SMILES string of the molecule is Cc1ccc(C)c(Cn2c(C(F)(F)c3ccncc3)nc3ccccc32)c1. The minimum absolute atomic E-state index is 0.116. The molecule has 4 rings (SSSR count). The first kappa shape index (κ1) is 17.3. The highest BCUT2D eigenvalue weighted by Gasteiger charge is 2.39. The molecule has 0 aliphatic heterocycles. The summed E-state index contributed by atoms with van der Waals surface area (Å²) in [6, 6.07) is 16.0. The van der Waals surface area contributed by atoms with E-state index in [-0.39, 0.29) is 11.4 Å². The Morgan fingerprint density at radius 2 is 1.70 bits per heavy atom.